The molecule has 1 N–H and O–H groups in total. The Morgan fingerprint density at radius 1 is 1.25 bits per heavy atom. The first kappa shape index (κ1) is 21.0. The lowest BCUT2D eigenvalue weighted by atomic mass is 9.90. The van der Waals surface area contributed by atoms with Gasteiger partial charge in [0.2, 0.25) is 0 Å². The summed E-state index contributed by atoms with van der Waals surface area (Å²) in [5, 5.41) is 11.1. The Bertz CT molecular complexity index is 681. The van der Waals surface area contributed by atoms with Crippen LogP contribution in [0.5, 0.6) is 5.75 Å². The molecule has 28 heavy (non-hydrogen) atoms. The number of halogens is 1. The summed E-state index contributed by atoms with van der Waals surface area (Å²) in [6.07, 6.45) is 3.65. The number of benzene rings is 1. The van der Waals surface area contributed by atoms with E-state index in [0.29, 0.717) is 37.2 Å². The molecule has 1 amide bonds. The third kappa shape index (κ3) is 5.01. The summed E-state index contributed by atoms with van der Waals surface area (Å²) < 4.78 is 19.3. The number of piperidine rings is 1. The standard InChI is InChI=1S/C21H32FN3O3/c1-23(12-13-24-9-3-4-10-24)16-21(27)8-5-11-25(20(21)26)15-17-14-18(28-2)6-7-19(17)22/h6-7,14,27H,3-5,8-13,15-16H2,1-2H3/t21-/m1/s1. The number of rotatable bonds is 8. The van der Waals surface area contributed by atoms with E-state index in [2.05, 4.69) is 4.90 Å². The molecule has 0 aromatic heterocycles. The molecule has 2 saturated heterocycles. The van der Waals surface area contributed by atoms with Crippen molar-refractivity contribution in [3.63, 3.8) is 0 Å². The van der Waals surface area contributed by atoms with Gasteiger partial charge in [0.15, 0.2) is 5.60 Å². The van der Waals surface area contributed by atoms with E-state index in [9.17, 15) is 14.3 Å². The number of likely N-dealkylation sites (tertiary alicyclic amines) is 2. The topological polar surface area (TPSA) is 56.3 Å². The zero-order valence-corrected chi connectivity index (χ0v) is 17.0. The molecular weight excluding hydrogens is 361 g/mol. The molecule has 0 unspecified atom stereocenters. The third-order valence-corrected chi connectivity index (χ3v) is 5.85. The van der Waals surface area contributed by atoms with Gasteiger partial charge >= 0.3 is 0 Å². The average molecular weight is 394 g/mol. The summed E-state index contributed by atoms with van der Waals surface area (Å²) in [6.45, 7) is 5.02. The van der Waals surface area contributed by atoms with Gasteiger partial charge in [-0.25, -0.2) is 4.39 Å². The molecule has 2 fully saturated rings. The third-order valence-electron chi connectivity index (χ3n) is 5.85. The minimum absolute atomic E-state index is 0.141. The molecule has 7 heteroatoms. The molecule has 1 aromatic rings. The summed E-state index contributed by atoms with van der Waals surface area (Å²) in [5.41, 5.74) is -1.01. The number of likely N-dealkylation sites (N-methyl/N-ethyl adjacent to an activating group) is 1. The van der Waals surface area contributed by atoms with Crippen molar-refractivity contribution in [3.05, 3.63) is 29.6 Å². The van der Waals surface area contributed by atoms with Crippen LogP contribution in [0.25, 0.3) is 0 Å². The molecule has 1 aromatic carbocycles. The normalized spacial score (nSPS) is 23.6. The highest BCUT2D eigenvalue weighted by Crippen LogP contribution is 2.26. The summed E-state index contributed by atoms with van der Waals surface area (Å²) in [4.78, 5) is 19.0. The Labute approximate surface area is 166 Å². The Morgan fingerprint density at radius 2 is 2.00 bits per heavy atom. The first-order valence-electron chi connectivity index (χ1n) is 10.2. The van der Waals surface area contributed by atoms with Gasteiger partial charge in [-0.3, -0.25) is 4.79 Å². The molecule has 6 nitrogen and oxygen atoms in total. The van der Waals surface area contributed by atoms with Gasteiger partial charge in [-0.1, -0.05) is 0 Å². The van der Waals surface area contributed by atoms with Crippen LogP contribution >= 0.6 is 0 Å². The SMILES string of the molecule is COc1ccc(F)c(CN2CCC[C@@](O)(CN(C)CCN3CCCC3)C2=O)c1. The van der Waals surface area contributed by atoms with E-state index in [0.717, 1.165) is 26.2 Å². The van der Waals surface area contributed by atoms with Crippen LogP contribution in [0.2, 0.25) is 0 Å². The Hall–Kier alpha value is -1.70. The first-order chi connectivity index (χ1) is 13.4. The fourth-order valence-electron chi connectivity index (χ4n) is 4.21. The highest BCUT2D eigenvalue weighted by molar-refractivity contribution is 5.86. The van der Waals surface area contributed by atoms with Crippen molar-refractivity contribution < 1.29 is 19.0 Å². The van der Waals surface area contributed by atoms with Crippen LogP contribution in [0.1, 0.15) is 31.2 Å². The van der Waals surface area contributed by atoms with Gasteiger partial charge in [0.25, 0.3) is 5.91 Å². The van der Waals surface area contributed by atoms with Crippen molar-refractivity contribution in [2.24, 2.45) is 0 Å². The second-order valence-corrected chi connectivity index (χ2v) is 8.11. The lowest BCUT2D eigenvalue weighted by molar-refractivity contribution is -0.160. The van der Waals surface area contributed by atoms with Crippen molar-refractivity contribution in [1.29, 1.82) is 0 Å². The number of hydrogen-bond donors (Lipinski definition) is 1. The number of methoxy groups -OCH3 is 1. The van der Waals surface area contributed by atoms with Crippen molar-refractivity contribution in [1.82, 2.24) is 14.7 Å². The van der Waals surface area contributed by atoms with Gasteiger partial charge in [0.05, 0.1) is 7.11 Å². The lowest BCUT2D eigenvalue weighted by Gasteiger charge is -2.40. The fraction of sp³-hybridized carbons (Fsp3) is 0.667. The van der Waals surface area contributed by atoms with Crippen LogP contribution in [0, 0.1) is 5.82 Å². The van der Waals surface area contributed by atoms with Crippen molar-refractivity contribution in [2.75, 3.05) is 53.4 Å². The quantitative estimate of drug-likeness (QED) is 0.729. The molecular formula is C21H32FN3O3. The van der Waals surface area contributed by atoms with Crippen LogP contribution in [0.3, 0.4) is 0 Å². The number of aliphatic hydroxyl groups is 1. The smallest absolute Gasteiger partial charge is 0.256 e. The van der Waals surface area contributed by atoms with Crippen LogP contribution in [-0.2, 0) is 11.3 Å². The van der Waals surface area contributed by atoms with E-state index in [4.69, 9.17) is 4.74 Å². The van der Waals surface area contributed by atoms with Crippen molar-refractivity contribution >= 4 is 5.91 Å². The molecule has 3 rings (SSSR count). The largest absolute Gasteiger partial charge is 0.497 e. The first-order valence-corrected chi connectivity index (χ1v) is 10.2. The number of carbonyl (C=O) groups excluding carboxylic acids is 1. The van der Waals surface area contributed by atoms with Gasteiger partial charge in [-0.05, 0) is 64.0 Å². The molecule has 0 spiro atoms. The number of amides is 1. The second kappa shape index (κ2) is 9.20. The van der Waals surface area contributed by atoms with Gasteiger partial charge in [0.1, 0.15) is 11.6 Å². The highest BCUT2D eigenvalue weighted by Gasteiger charge is 2.43. The molecule has 156 valence electrons. The molecule has 0 radical (unpaired) electrons. The Kier molecular flexibility index (Phi) is 6.91. The van der Waals surface area contributed by atoms with E-state index in [1.165, 1.54) is 26.0 Å². The lowest BCUT2D eigenvalue weighted by Crippen LogP contribution is -2.58. The monoisotopic (exact) mass is 393 g/mol. The molecule has 2 aliphatic rings. The Morgan fingerprint density at radius 3 is 2.71 bits per heavy atom. The highest BCUT2D eigenvalue weighted by atomic mass is 19.1. The molecule has 0 saturated carbocycles. The number of nitrogens with zero attached hydrogens (tertiary/aromatic N) is 3. The second-order valence-electron chi connectivity index (χ2n) is 8.11. The molecule has 2 heterocycles. The summed E-state index contributed by atoms with van der Waals surface area (Å²) >= 11 is 0. The van der Waals surface area contributed by atoms with E-state index in [-0.39, 0.29) is 18.3 Å². The predicted octanol–water partition coefficient (Wildman–Crippen LogP) is 1.72. The van der Waals surface area contributed by atoms with Crippen LogP contribution in [-0.4, -0.2) is 84.7 Å². The summed E-state index contributed by atoms with van der Waals surface area (Å²) in [5.74, 6) is -0.128. The average Bonchev–Trinajstić information content (AvgIpc) is 3.19. The van der Waals surface area contributed by atoms with Crippen LogP contribution < -0.4 is 4.74 Å². The number of ether oxygens (including phenoxy) is 1. The van der Waals surface area contributed by atoms with Crippen molar-refractivity contribution in [3.8, 4) is 5.75 Å². The maximum atomic E-state index is 14.2. The maximum absolute atomic E-state index is 14.2. The zero-order chi connectivity index (χ0) is 20.1. The van der Waals surface area contributed by atoms with Gasteiger partial charge in [-0.2, -0.15) is 0 Å². The van der Waals surface area contributed by atoms with E-state index < -0.39 is 5.60 Å². The molecule has 0 aliphatic carbocycles. The van der Waals surface area contributed by atoms with Crippen molar-refractivity contribution in [2.45, 2.75) is 37.8 Å². The Balaban J connectivity index is 1.60. The summed E-state index contributed by atoms with van der Waals surface area (Å²) in [6, 6.07) is 4.52. The van der Waals surface area contributed by atoms with E-state index >= 15 is 0 Å². The molecule has 2 aliphatic heterocycles. The van der Waals surface area contributed by atoms with Gasteiger partial charge in [-0.15, -0.1) is 0 Å². The fourth-order valence-corrected chi connectivity index (χ4v) is 4.21. The van der Waals surface area contributed by atoms with Crippen LogP contribution in [0.15, 0.2) is 18.2 Å². The van der Waals surface area contributed by atoms with E-state index in [1.807, 2.05) is 11.9 Å². The van der Waals surface area contributed by atoms with Gasteiger partial charge < -0.3 is 24.5 Å². The minimum Gasteiger partial charge on any atom is -0.497 e. The summed E-state index contributed by atoms with van der Waals surface area (Å²) in [7, 11) is 3.47. The number of hydrogen-bond acceptors (Lipinski definition) is 5. The zero-order valence-electron chi connectivity index (χ0n) is 17.0. The van der Waals surface area contributed by atoms with Gasteiger partial charge in [0, 0.05) is 38.3 Å². The predicted molar refractivity (Wildman–Crippen MR) is 106 cm³/mol. The van der Waals surface area contributed by atoms with E-state index in [1.54, 1.807) is 17.0 Å². The number of carbonyl (C=O) groups is 1. The minimum atomic E-state index is -1.41. The molecule has 1 atom stereocenters. The van der Waals surface area contributed by atoms with Crippen LogP contribution in [0.4, 0.5) is 4.39 Å². The molecule has 0 bridgehead atoms. The maximum Gasteiger partial charge on any atom is 0.256 e.